The summed E-state index contributed by atoms with van der Waals surface area (Å²) >= 11 is 0. The largest absolute Gasteiger partial charge is 0.484 e. The van der Waals surface area contributed by atoms with E-state index in [0.29, 0.717) is 11.4 Å². The van der Waals surface area contributed by atoms with Gasteiger partial charge in [0.1, 0.15) is 11.4 Å². The Hall–Kier alpha value is -3.74. The van der Waals surface area contributed by atoms with Gasteiger partial charge >= 0.3 is 5.97 Å². The summed E-state index contributed by atoms with van der Waals surface area (Å²) in [6.07, 6.45) is 1.51. The Morgan fingerprint density at radius 3 is 2.37 bits per heavy atom. The van der Waals surface area contributed by atoms with E-state index in [1.165, 1.54) is 19.4 Å². The molecule has 0 spiro atoms. The number of anilines is 3. The molecule has 0 aliphatic rings. The van der Waals surface area contributed by atoms with Crippen molar-refractivity contribution >= 4 is 28.9 Å². The lowest BCUT2D eigenvalue weighted by molar-refractivity contribution is -0.118. The fourth-order valence-electron chi connectivity index (χ4n) is 2.36. The summed E-state index contributed by atoms with van der Waals surface area (Å²) in [4.78, 5) is 26.1. The second-order valence-electron chi connectivity index (χ2n) is 5.65. The van der Waals surface area contributed by atoms with Gasteiger partial charge in [0.15, 0.2) is 6.61 Å². The molecule has 0 saturated carbocycles. The predicted molar refractivity (Wildman–Crippen MR) is 102 cm³/mol. The lowest BCUT2D eigenvalue weighted by atomic mass is 10.2. The van der Waals surface area contributed by atoms with Crippen LogP contribution in [0.3, 0.4) is 0 Å². The Morgan fingerprint density at radius 2 is 1.67 bits per heavy atom. The van der Waals surface area contributed by atoms with E-state index in [-0.39, 0.29) is 18.2 Å². The Kier molecular flexibility index (Phi) is 5.73. The third-order valence-corrected chi connectivity index (χ3v) is 3.66. The number of rotatable bonds is 7. The zero-order chi connectivity index (χ0) is 19.1. The highest BCUT2D eigenvalue weighted by Gasteiger charge is 2.10. The van der Waals surface area contributed by atoms with Crippen LogP contribution in [0.25, 0.3) is 0 Å². The number of carbonyl (C=O) groups excluding carboxylic acids is 2. The number of hydrogen-bond donors (Lipinski definition) is 3. The number of aromatic nitrogens is 1. The lowest BCUT2D eigenvalue weighted by Crippen LogP contribution is -2.19. The SMILES string of the molecule is COC(=O)c1cc(NC(=O)COc2ccc(Nc3ccccc3)cc2)c[nH]1. The summed E-state index contributed by atoms with van der Waals surface area (Å²) < 4.78 is 10.1. The summed E-state index contributed by atoms with van der Waals surface area (Å²) in [6.45, 7) is -0.149. The highest BCUT2D eigenvalue weighted by molar-refractivity contribution is 5.94. The van der Waals surface area contributed by atoms with Crippen molar-refractivity contribution in [2.75, 3.05) is 24.4 Å². The van der Waals surface area contributed by atoms with Crippen LogP contribution in [-0.4, -0.2) is 30.6 Å². The average molecular weight is 365 g/mol. The molecule has 138 valence electrons. The molecule has 7 heteroatoms. The monoisotopic (exact) mass is 365 g/mol. The van der Waals surface area contributed by atoms with Crippen molar-refractivity contribution in [3.05, 3.63) is 72.6 Å². The average Bonchev–Trinajstić information content (AvgIpc) is 3.16. The Balaban J connectivity index is 1.48. The Morgan fingerprint density at radius 1 is 0.963 bits per heavy atom. The van der Waals surface area contributed by atoms with E-state index in [4.69, 9.17) is 4.74 Å². The van der Waals surface area contributed by atoms with E-state index in [2.05, 4.69) is 20.4 Å². The van der Waals surface area contributed by atoms with Crippen LogP contribution in [0.4, 0.5) is 17.1 Å². The molecule has 0 aliphatic carbocycles. The molecule has 0 saturated heterocycles. The first-order chi connectivity index (χ1) is 13.1. The number of amides is 1. The van der Waals surface area contributed by atoms with E-state index in [0.717, 1.165) is 11.4 Å². The van der Waals surface area contributed by atoms with Crippen LogP contribution in [0, 0.1) is 0 Å². The minimum absolute atomic E-state index is 0.149. The molecule has 0 aliphatic heterocycles. The Bertz CT molecular complexity index is 904. The van der Waals surface area contributed by atoms with E-state index < -0.39 is 5.97 Å². The van der Waals surface area contributed by atoms with Crippen LogP contribution in [-0.2, 0) is 9.53 Å². The molecule has 0 atom stereocenters. The minimum Gasteiger partial charge on any atom is -0.484 e. The zero-order valence-corrected chi connectivity index (χ0v) is 14.7. The van der Waals surface area contributed by atoms with Crippen molar-refractivity contribution in [2.24, 2.45) is 0 Å². The molecular weight excluding hydrogens is 346 g/mol. The van der Waals surface area contributed by atoms with Gasteiger partial charge in [-0.1, -0.05) is 18.2 Å². The molecule has 1 heterocycles. The van der Waals surface area contributed by atoms with Crippen molar-refractivity contribution in [1.29, 1.82) is 0 Å². The van der Waals surface area contributed by atoms with E-state index >= 15 is 0 Å². The van der Waals surface area contributed by atoms with Gasteiger partial charge in [-0.05, 0) is 42.5 Å². The first kappa shape index (κ1) is 18.1. The van der Waals surface area contributed by atoms with Gasteiger partial charge in [0.05, 0.1) is 12.8 Å². The highest BCUT2D eigenvalue weighted by Crippen LogP contribution is 2.20. The number of carbonyl (C=O) groups is 2. The van der Waals surface area contributed by atoms with Crippen LogP contribution in [0.1, 0.15) is 10.5 Å². The van der Waals surface area contributed by atoms with Crippen molar-refractivity contribution in [2.45, 2.75) is 0 Å². The molecule has 2 aromatic carbocycles. The second kappa shape index (κ2) is 8.57. The Labute approximate surface area is 156 Å². The van der Waals surface area contributed by atoms with Crippen LogP contribution in [0.5, 0.6) is 5.75 Å². The summed E-state index contributed by atoms with van der Waals surface area (Å²) in [5, 5.41) is 5.91. The first-order valence-corrected chi connectivity index (χ1v) is 8.25. The molecule has 1 aromatic heterocycles. The third-order valence-electron chi connectivity index (χ3n) is 3.66. The molecule has 0 fully saturated rings. The standard InChI is InChI=1S/C20H19N3O4/c1-26-20(25)18-11-16(12-21-18)23-19(24)13-27-17-9-7-15(8-10-17)22-14-5-3-2-4-6-14/h2-12,21-22H,13H2,1H3,(H,23,24). The number of nitrogens with one attached hydrogen (secondary N) is 3. The van der Waals surface area contributed by atoms with Crippen molar-refractivity contribution in [3.8, 4) is 5.75 Å². The topological polar surface area (TPSA) is 92.4 Å². The summed E-state index contributed by atoms with van der Waals surface area (Å²) in [6, 6.07) is 18.6. The summed E-state index contributed by atoms with van der Waals surface area (Å²) in [7, 11) is 1.29. The van der Waals surface area contributed by atoms with E-state index in [1.54, 1.807) is 12.1 Å². The first-order valence-electron chi connectivity index (χ1n) is 8.25. The maximum absolute atomic E-state index is 12.0. The highest BCUT2D eigenvalue weighted by atomic mass is 16.5. The van der Waals surface area contributed by atoms with Gasteiger partial charge in [-0.25, -0.2) is 4.79 Å². The van der Waals surface area contributed by atoms with Gasteiger partial charge in [-0.15, -0.1) is 0 Å². The zero-order valence-electron chi connectivity index (χ0n) is 14.7. The van der Waals surface area contributed by atoms with Crippen molar-refractivity contribution in [3.63, 3.8) is 0 Å². The number of ether oxygens (including phenoxy) is 2. The van der Waals surface area contributed by atoms with Gasteiger partial charge in [0, 0.05) is 17.6 Å². The molecule has 0 bridgehead atoms. The van der Waals surface area contributed by atoms with Crippen LogP contribution in [0.2, 0.25) is 0 Å². The smallest absolute Gasteiger partial charge is 0.354 e. The van der Waals surface area contributed by atoms with E-state index in [1.807, 2.05) is 42.5 Å². The maximum atomic E-state index is 12.0. The fourth-order valence-corrected chi connectivity index (χ4v) is 2.36. The molecule has 3 rings (SSSR count). The number of aromatic amines is 1. The number of esters is 1. The van der Waals surface area contributed by atoms with Crippen molar-refractivity contribution in [1.82, 2.24) is 4.98 Å². The van der Waals surface area contributed by atoms with Crippen LogP contribution in [0.15, 0.2) is 66.9 Å². The normalized spacial score (nSPS) is 10.1. The molecule has 27 heavy (non-hydrogen) atoms. The van der Waals surface area contributed by atoms with E-state index in [9.17, 15) is 9.59 Å². The number of para-hydroxylation sites is 1. The third kappa shape index (κ3) is 5.12. The van der Waals surface area contributed by atoms with Gasteiger partial charge in [-0.2, -0.15) is 0 Å². The second-order valence-corrected chi connectivity index (χ2v) is 5.65. The lowest BCUT2D eigenvalue weighted by Gasteiger charge is -2.09. The van der Waals surface area contributed by atoms with Gasteiger partial charge in [-0.3, -0.25) is 4.79 Å². The van der Waals surface area contributed by atoms with Crippen LogP contribution < -0.4 is 15.4 Å². The van der Waals surface area contributed by atoms with Gasteiger partial charge < -0.3 is 25.1 Å². The van der Waals surface area contributed by atoms with Crippen molar-refractivity contribution < 1.29 is 19.1 Å². The summed E-state index contributed by atoms with van der Waals surface area (Å²) in [5.41, 5.74) is 2.63. The molecule has 0 radical (unpaired) electrons. The van der Waals surface area contributed by atoms with Crippen LogP contribution >= 0.6 is 0 Å². The quantitative estimate of drug-likeness (QED) is 0.557. The molecule has 3 N–H and O–H groups in total. The molecule has 3 aromatic rings. The molecule has 7 nitrogen and oxygen atoms in total. The number of methoxy groups -OCH3 is 1. The predicted octanol–water partition coefficient (Wildman–Crippen LogP) is 3.56. The molecule has 0 unspecified atom stereocenters. The molecule has 1 amide bonds. The molecular formula is C20H19N3O4. The maximum Gasteiger partial charge on any atom is 0.354 e. The van der Waals surface area contributed by atoms with Gasteiger partial charge in [0.25, 0.3) is 5.91 Å². The minimum atomic E-state index is -0.504. The fraction of sp³-hybridized carbons (Fsp3) is 0.100. The summed E-state index contributed by atoms with van der Waals surface area (Å²) in [5.74, 6) is -0.263. The van der Waals surface area contributed by atoms with Gasteiger partial charge in [0.2, 0.25) is 0 Å². The number of hydrogen-bond acceptors (Lipinski definition) is 5. The number of benzene rings is 2. The number of H-pyrrole nitrogens is 1.